The monoisotopic (exact) mass is 434 g/mol. The van der Waals surface area contributed by atoms with Crippen molar-refractivity contribution in [2.24, 2.45) is 7.05 Å². The zero-order valence-corrected chi connectivity index (χ0v) is 18.7. The number of nitrogens with one attached hydrogen (secondary N) is 2. The van der Waals surface area contributed by atoms with Crippen LogP contribution in [0.15, 0.2) is 42.5 Å². The molecular weight excluding hydrogens is 408 g/mol. The van der Waals surface area contributed by atoms with Crippen molar-refractivity contribution in [3.63, 3.8) is 0 Å². The van der Waals surface area contributed by atoms with Gasteiger partial charge in [-0.1, -0.05) is 17.7 Å². The van der Waals surface area contributed by atoms with Gasteiger partial charge >= 0.3 is 0 Å². The summed E-state index contributed by atoms with van der Waals surface area (Å²) in [4.78, 5) is 26.3. The Hall–Kier alpha value is -3.81. The van der Waals surface area contributed by atoms with Gasteiger partial charge in [0, 0.05) is 30.2 Å². The fraction of sp³-hybridized carbons (Fsp3) is 0.292. The van der Waals surface area contributed by atoms with Gasteiger partial charge in [0.15, 0.2) is 0 Å². The number of carbonyl (C=O) groups excluding carboxylic acids is 2. The molecule has 0 aliphatic carbocycles. The van der Waals surface area contributed by atoms with Crippen LogP contribution in [-0.4, -0.2) is 41.9 Å². The van der Waals surface area contributed by atoms with E-state index in [1.54, 1.807) is 44.1 Å². The summed E-state index contributed by atoms with van der Waals surface area (Å²) in [7, 11) is 4.93. The maximum absolute atomic E-state index is 13.2. The standard InChI is InChI=1S/C24H26N4O4/c1-13-7-6-8-15(9-13)23(29)25-21-20(16-10-17(31-4)12-18(11-16)32-5)19-14(2)27-28(3)22(19)26-24(21)30/h6-12,20-21H,1-5H3,(H,25,29)(H,26,30)/t20-,21+/m1/s1. The van der Waals surface area contributed by atoms with Crippen LogP contribution in [0.3, 0.4) is 0 Å². The molecule has 4 rings (SSSR count). The molecule has 1 aliphatic rings. The minimum absolute atomic E-state index is 0.312. The van der Waals surface area contributed by atoms with E-state index in [9.17, 15) is 9.59 Å². The van der Waals surface area contributed by atoms with Crippen molar-refractivity contribution in [1.29, 1.82) is 0 Å². The number of aromatic nitrogens is 2. The Balaban J connectivity index is 1.83. The van der Waals surface area contributed by atoms with Crippen molar-refractivity contribution in [1.82, 2.24) is 15.1 Å². The van der Waals surface area contributed by atoms with Crippen molar-refractivity contribution >= 4 is 17.6 Å². The van der Waals surface area contributed by atoms with Gasteiger partial charge in [-0.05, 0) is 43.7 Å². The Morgan fingerprint density at radius 3 is 2.41 bits per heavy atom. The predicted octanol–water partition coefficient (Wildman–Crippen LogP) is 2.94. The molecule has 1 aromatic heterocycles. The summed E-state index contributed by atoms with van der Waals surface area (Å²) in [5, 5.41) is 10.4. The highest BCUT2D eigenvalue weighted by atomic mass is 16.5. The number of nitrogens with zero attached hydrogens (tertiary/aromatic N) is 2. The number of rotatable bonds is 5. The van der Waals surface area contributed by atoms with E-state index in [1.807, 2.05) is 38.1 Å². The Labute approximate surface area is 186 Å². The molecule has 8 nitrogen and oxygen atoms in total. The van der Waals surface area contributed by atoms with Gasteiger partial charge in [-0.15, -0.1) is 0 Å². The fourth-order valence-corrected chi connectivity index (χ4v) is 4.24. The molecule has 1 aliphatic heterocycles. The number of fused-ring (bicyclic) bond motifs is 1. The molecule has 0 saturated carbocycles. The molecule has 2 atom stereocenters. The number of benzene rings is 2. The molecule has 0 radical (unpaired) electrons. The van der Waals surface area contributed by atoms with Crippen molar-refractivity contribution < 1.29 is 19.1 Å². The van der Waals surface area contributed by atoms with Gasteiger partial charge in [-0.2, -0.15) is 5.10 Å². The number of anilines is 1. The number of methoxy groups -OCH3 is 2. The first-order chi connectivity index (χ1) is 15.3. The Kier molecular flexibility index (Phi) is 5.61. The zero-order valence-electron chi connectivity index (χ0n) is 18.7. The molecule has 0 saturated heterocycles. The van der Waals surface area contributed by atoms with E-state index in [-0.39, 0.29) is 11.8 Å². The number of aryl methyl sites for hydroxylation is 3. The molecular formula is C24H26N4O4. The first-order valence-corrected chi connectivity index (χ1v) is 10.3. The van der Waals surface area contributed by atoms with E-state index in [0.29, 0.717) is 22.9 Å². The molecule has 2 aromatic carbocycles. The molecule has 0 spiro atoms. The van der Waals surface area contributed by atoms with Crippen LogP contribution in [0.25, 0.3) is 0 Å². The van der Waals surface area contributed by atoms with Gasteiger partial charge in [0.05, 0.1) is 19.9 Å². The topological polar surface area (TPSA) is 94.5 Å². The molecule has 2 heterocycles. The molecule has 2 N–H and O–H groups in total. The summed E-state index contributed by atoms with van der Waals surface area (Å²) in [6.45, 7) is 3.81. The highest BCUT2D eigenvalue weighted by Crippen LogP contribution is 2.41. The normalized spacial score (nSPS) is 17.3. The number of hydrogen-bond acceptors (Lipinski definition) is 5. The van der Waals surface area contributed by atoms with E-state index < -0.39 is 12.0 Å². The second kappa shape index (κ2) is 8.37. The van der Waals surface area contributed by atoms with Gasteiger partial charge < -0.3 is 20.1 Å². The fourth-order valence-electron chi connectivity index (χ4n) is 4.24. The van der Waals surface area contributed by atoms with Crippen LogP contribution in [0.2, 0.25) is 0 Å². The zero-order chi connectivity index (χ0) is 23.0. The quantitative estimate of drug-likeness (QED) is 0.644. The van der Waals surface area contributed by atoms with Gasteiger partial charge in [0.2, 0.25) is 5.91 Å². The van der Waals surface area contributed by atoms with E-state index in [0.717, 1.165) is 22.4 Å². The lowest BCUT2D eigenvalue weighted by Crippen LogP contribution is -2.50. The van der Waals surface area contributed by atoms with Gasteiger partial charge in [-0.25, -0.2) is 0 Å². The van der Waals surface area contributed by atoms with Crippen LogP contribution in [0, 0.1) is 13.8 Å². The van der Waals surface area contributed by atoms with Crippen LogP contribution >= 0.6 is 0 Å². The maximum atomic E-state index is 13.2. The van der Waals surface area contributed by atoms with Crippen LogP contribution in [0.4, 0.5) is 5.82 Å². The number of hydrogen-bond donors (Lipinski definition) is 2. The predicted molar refractivity (Wildman–Crippen MR) is 120 cm³/mol. The Morgan fingerprint density at radius 1 is 1.09 bits per heavy atom. The average Bonchev–Trinajstić information content (AvgIpc) is 3.06. The molecule has 0 fully saturated rings. The highest BCUT2D eigenvalue weighted by molar-refractivity contribution is 6.04. The third-order valence-corrected chi connectivity index (χ3v) is 5.74. The largest absolute Gasteiger partial charge is 0.497 e. The second-order valence-corrected chi connectivity index (χ2v) is 7.90. The lowest BCUT2D eigenvalue weighted by Gasteiger charge is -2.33. The molecule has 166 valence electrons. The minimum atomic E-state index is -0.852. The first-order valence-electron chi connectivity index (χ1n) is 10.3. The number of carbonyl (C=O) groups is 2. The summed E-state index contributed by atoms with van der Waals surface area (Å²) in [5.74, 6) is 0.687. The van der Waals surface area contributed by atoms with Crippen molar-refractivity contribution in [2.75, 3.05) is 19.5 Å². The van der Waals surface area contributed by atoms with Crippen molar-refractivity contribution in [3.05, 3.63) is 70.4 Å². The third kappa shape index (κ3) is 3.79. The summed E-state index contributed by atoms with van der Waals surface area (Å²) in [5.41, 5.74) is 3.85. The first kappa shape index (κ1) is 21.4. The third-order valence-electron chi connectivity index (χ3n) is 5.74. The molecule has 0 unspecified atom stereocenters. The van der Waals surface area contributed by atoms with Crippen LogP contribution in [-0.2, 0) is 11.8 Å². The smallest absolute Gasteiger partial charge is 0.251 e. The van der Waals surface area contributed by atoms with Crippen LogP contribution < -0.4 is 20.1 Å². The van der Waals surface area contributed by atoms with Gasteiger partial charge in [0.1, 0.15) is 23.4 Å². The van der Waals surface area contributed by atoms with E-state index in [1.165, 1.54) is 0 Å². The average molecular weight is 434 g/mol. The van der Waals surface area contributed by atoms with E-state index in [4.69, 9.17) is 9.47 Å². The summed E-state index contributed by atoms with van der Waals surface area (Å²) in [6, 6.07) is 11.9. The SMILES string of the molecule is COc1cc(OC)cc([C@@H]2c3c(C)nn(C)c3NC(=O)[C@H]2NC(=O)c2cccc(C)c2)c1. The minimum Gasteiger partial charge on any atom is -0.497 e. The van der Waals surface area contributed by atoms with Gasteiger partial charge in [0.25, 0.3) is 5.91 Å². The van der Waals surface area contributed by atoms with E-state index in [2.05, 4.69) is 15.7 Å². The summed E-state index contributed by atoms with van der Waals surface area (Å²) < 4.78 is 12.5. The molecule has 0 bridgehead atoms. The molecule has 8 heteroatoms. The van der Waals surface area contributed by atoms with Crippen molar-refractivity contribution in [2.45, 2.75) is 25.8 Å². The number of ether oxygens (including phenoxy) is 2. The van der Waals surface area contributed by atoms with Crippen molar-refractivity contribution in [3.8, 4) is 11.5 Å². The lowest BCUT2D eigenvalue weighted by molar-refractivity contribution is -0.118. The molecule has 3 aromatic rings. The maximum Gasteiger partial charge on any atom is 0.251 e. The Morgan fingerprint density at radius 2 is 1.78 bits per heavy atom. The number of amides is 2. The summed E-state index contributed by atoms with van der Waals surface area (Å²) >= 11 is 0. The molecule has 32 heavy (non-hydrogen) atoms. The molecule has 2 amide bonds. The van der Waals surface area contributed by atoms with Gasteiger partial charge in [-0.3, -0.25) is 14.3 Å². The second-order valence-electron chi connectivity index (χ2n) is 7.90. The van der Waals surface area contributed by atoms with E-state index >= 15 is 0 Å². The summed E-state index contributed by atoms with van der Waals surface area (Å²) in [6.07, 6.45) is 0. The highest BCUT2D eigenvalue weighted by Gasteiger charge is 2.41. The van der Waals surface area contributed by atoms with Crippen LogP contribution in [0.1, 0.15) is 38.7 Å². The lowest BCUT2D eigenvalue weighted by atomic mass is 9.81. The Bertz CT molecular complexity index is 1180. The van der Waals surface area contributed by atoms with Crippen LogP contribution in [0.5, 0.6) is 11.5 Å².